The van der Waals surface area contributed by atoms with Crippen LogP contribution in [0.4, 0.5) is 0 Å². The number of aromatic nitrogens is 2. The summed E-state index contributed by atoms with van der Waals surface area (Å²) < 4.78 is 0. The molecule has 8 nitrogen and oxygen atoms in total. The highest BCUT2D eigenvalue weighted by atomic mass is 16.2. The first-order valence-corrected chi connectivity index (χ1v) is 8.55. The van der Waals surface area contributed by atoms with Crippen molar-refractivity contribution >= 4 is 23.2 Å². The molecule has 0 saturated heterocycles. The Kier molecular flexibility index (Phi) is 7.77. The average Bonchev–Trinajstić information content (AvgIpc) is 2.71. The molecule has 0 atom stereocenters. The van der Waals surface area contributed by atoms with Crippen LogP contribution >= 0.6 is 0 Å². The molecule has 2 aromatic heterocycles. The number of amides is 2. The lowest BCUT2D eigenvalue weighted by Crippen LogP contribution is -2.22. The molecule has 0 radical (unpaired) electrons. The maximum Gasteiger partial charge on any atom is 0.240 e. The first-order chi connectivity index (χ1) is 13.1. The van der Waals surface area contributed by atoms with Gasteiger partial charge >= 0.3 is 0 Å². The molecule has 2 heterocycles. The van der Waals surface area contributed by atoms with E-state index < -0.39 is 0 Å². The number of hydrogen-bond acceptors (Lipinski definition) is 6. The van der Waals surface area contributed by atoms with E-state index in [0.717, 1.165) is 0 Å². The summed E-state index contributed by atoms with van der Waals surface area (Å²) in [5.74, 6) is -0.516. The predicted octanol–water partition coefficient (Wildman–Crippen LogP) is 2.03. The second-order valence-corrected chi connectivity index (χ2v) is 5.75. The number of hydrazone groups is 2. The molecular weight excluding hydrogens is 344 g/mol. The van der Waals surface area contributed by atoms with Crippen LogP contribution in [0, 0.1) is 0 Å². The van der Waals surface area contributed by atoms with E-state index in [0.29, 0.717) is 29.2 Å². The van der Waals surface area contributed by atoms with Gasteiger partial charge in [-0.1, -0.05) is 12.1 Å². The fraction of sp³-hybridized carbons (Fsp3) is 0.263. The van der Waals surface area contributed by atoms with Gasteiger partial charge in [-0.15, -0.1) is 0 Å². The van der Waals surface area contributed by atoms with Crippen LogP contribution in [0.25, 0.3) is 0 Å². The number of carbonyl (C=O) groups is 2. The molecule has 8 heteroatoms. The summed E-state index contributed by atoms with van der Waals surface area (Å²) in [5, 5.41) is 8.02. The Labute approximate surface area is 157 Å². The van der Waals surface area contributed by atoms with Gasteiger partial charge in [0.05, 0.1) is 22.8 Å². The molecule has 0 saturated carbocycles. The maximum absolute atomic E-state index is 11.8. The average molecular weight is 366 g/mol. The topological polar surface area (TPSA) is 109 Å². The summed E-state index contributed by atoms with van der Waals surface area (Å²) in [6, 6.07) is 10.9. The van der Waals surface area contributed by atoms with Crippen LogP contribution in [0.1, 0.15) is 44.5 Å². The van der Waals surface area contributed by atoms with E-state index in [4.69, 9.17) is 0 Å². The normalized spacial score (nSPS) is 11.8. The van der Waals surface area contributed by atoms with Gasteiger partial charge in [0.25, 0.3) is 0 Å². The van der Waals surface area contributed by atoms with Gasteiger partial charge in [0.15, 0.2) is 0 Å². The van der Waals surface area contributed by atoms with Crippen LogP contribution < -0.4 is 10.9 Å². The zero-order valence-electron chi connectivity index (χ0n) is 15.3. The van der Waals surface area contributed by atoms with Gasteiger partial charge < -0.3 is 0 Å². The molecule has 2 N–H and O–H groups in total. The maximum atomic E-state index is 11.8. The SMILES string of the molecule is C/C(=N\NC(=O)CCCC(=O)N/N=C(\C)c1ccccn1)c1ccccn1. The Morgan fingerprint density at radius 3 is 1.63 bits per heavy atom. The molecule has 0 aliphatic heterocycles. The van der Waals surface area contributed by atoms with Gasteiger partial charge in [-0.2, -0.15) is 10.2 Å². The number of carbonyl (C=O) groups excluding carboxylic acids is 2. The third-order valence-corrected chi connectivity index (χ3v) is 3.58. The van der Waals surface area contributed by atoms with Crippen molar-refractivity contribution in [1.82, 2.24) is 20.8 Å². The number of hydrogen-bond donors (Lipinski definition) is 2. The molecule has 0 aliphatic rings. The Hall–Kier alpha value is -3.42. The minimum Gasteiger partial charge on any atom is -0.273 e. The number of rotatable bonds is 8. The fourth-order valence-corrected chi connectivity index (χ4v) is 2.08. The Bertz CT molecular complexity index is 749. The van der Waals surface area contributed by atoms with Crippen molar-refractivity contribution in [3.05, 3.63) is 60.2 Å². The van der Waals surface area contributed by atoms with Gasteiger partial charge in [0.2, 0.25) is 11.8 Å². The molecule has 0 fully saturated rings. The monoisotopic (exact) mass is 366 g/mol. The molecule has 0 aromatic carbocycles. The van der Waals surface area contributed by atoms with E-state index >= 15 is 0 Å². The van der Waals surface area contributed by atoms with E-state index in [2.05, 4.69) is 31.0 Å². The molecule has 0 bridgehead atoms. The summed E-state index contributed by atoms with van der Waals surface area (Å²) >= 11 is 0. The van der Waals surface area contributed by atoms with E-state index in [1.54, 1.807) is 26.2 Å². The second-order valence-electron chi connectivity index (χ2n) is 5.75. The van der Waals surface area contributed by atoms with E-state index in [1.165, 1.54) is 0 Å². The number of nitrogens with zero attached hydrogens (tertiary/aromatic N) is 4. The summed E-state index contributed by atoms with van der Waals surface area (Å²) in [6.45, 7) is 3.52. The molecule has 2 rings (SSSR count). The summed E-state index contributed by atoms with van der Waals surface area (Å²) in [6.07, 6.45) is 4.10. The van der Waals surface area contributed by atoms with Crippen LogP contribution in [0.3, 0.4) is 0 Å². The third-order valence-electron chi connectivity index (χ3n) is 3.58. The standard InChI is InChI=1S/C19H22N6O2/c1-14(16-8-3-5-12-20-16)22-24-18(26)10-7-11-19(27)25-23-15(2)17-9-4-6-13-21-17/h3-6,8-9,12-13H,7,10-11H2,1-2H3,(H,24,26)(H,25,27)/b22-14+,23-15+. The zero-order valence-corrected chi connectivity index (χ0v) is 15.3. The van der Waals surface area contributed by atoms with Crippen molar-refractivity contribution in [2.75, 3.05) is 0 Å². The Morgan fingerprint density at radius 2 is 1.26 bits per heavy atom. The highest BCUT2D eigenvalue weighted by Gasteiger charge is 2.06. The van der Waals surface area contributed by atoms with Gasteiger partial charge in [-0.25, -0.2) is 10.9 Å². The van der Waals surface area contributed by atoms with Gasteiger partial charge in [0.1, 0.15) is 0 Å². The number of nitrogens with one attached hydrogen (secondary N) is 2. The second kappa shape index (κ2) is 10.5. The molecule has 0 spiro atoms. The summed E-state index contributed by atoms with van der Waals surface area (Å²) in [4.78, 5) is 31.9. The largest absolute Gasteiger partial charge is 0.273 e. The Morgan fingerprint density at radius 1 is 0.815 bits per heavy atom. The molecule has 0 aliphatic carbocycles. The zero-order chi connectivity index (χ0) is 19.5. The number of pyridine rings is 2. The lowest BCUT2D eigenvalue weighted by molar-refractivity contribution is -0.122. The summed E-state index contributed by atoms with van der Waals surface area (Å²) in [5.41, 5.74) is 7.55. The minimum absolute atomic E-state index is 0.190. The fourth-order valence-electron chi connectivity index (χ4n) is 2.08. The molecule has 0 unspecified atom stereocenters. The highest BCUT2D eigenvalue weighted by molar-refractivity contribution is 5.98. The predicted molar refractivity (Wildman–Crippen MR) is 103 cm³/mol. The van der Waals surface area contributed by atoms with Crippen molar-refractivity contribution in [3.63, 3.8) is 0 Å². The van der Waals surface area contributed by atoms with Crippen molar-refractivity contribution in [3.8, 4) is 0 Å². The highest BCUT2D eigenvalue weighted by Crippen LogP contribution is 1.99. The summed E-state index contributed by atoms with van der Waals surface area (Å²) in [7, 11) is 0. The van der Waals surface area contributed by atoms with E-state index in [-0.39, 0.29) is 24.7 Å². The van der Waals surface area contributed by atoms with Crippen LogP contribution in [-0.4, -0.2) is 33.2 Å². The quantitative estimate of drug-likeness (QED) is 0.550. The molecule has 140 valence electrons. The van der Waals surface area contributed by atoms with Gasteiger partial charge in [-0.05, 0) is 44.5 Å². The van der Waals surface area contributed by atoms with Crippen molar-refractivity contribution in [1.29, 1.82) is 0 Å². The van der Waals surface area contributed by atoms with Crippen LogP contribution in [0.5, 0.6) is 0 Å². The smallest absolute Gasteiger partial charge is 0.240 e. The minimum atomic E-state index is -0.258. The first kappa shape index (κ1) is 19.9. The lowest BCUT2D eigenvalue weighted by Gasteiger charge is -2.03. The van der Waals surface area contributed by atoms with Crippen molar-refractivity contribution in [2.45, 2.75) is 33.1 Å². The first-order valence-electron chi connectivity index (χ1n) is 8.55. The third kappa shape index (κ3) is 7.15. The van der Waals surface area contributed by atoms with Crippen LogP contribution in [-0.2, 0) is 9.59 Å². The molecule has 2 amide bonds. The molecule has 2 aromatic rings. The van der Waals surface area contributed by atoms with Crippen LogP contribution in [0.15, 0.2) is 59.0 Å². The van der Waals surface area contributed by atoms with Gasteiger partial charge in [0, 0.05) is 25.2 Å². The van der Waals surface area contributed by atoms with Crippen molar-refractivity contribution in [2.24, 2.45) is 10.2 Å². The van der Waals surface area contributed by atoms with Crippen molar-refractivity contribution < 1.29 is 9.59 Å². The lowest BCUT2D eigenvalue weighted by atomic mass is 10.2. The van der Waals surface area contributed by atoms with E-state index in [1.807, 2.05) is 36.4 Å². The van der Waals surface area contributed by atoms with E-state index in [9.17, 15) is 9.59 Å². The Balaban J connectivity index is 1.69. The molecular formula is C19H22N6O2. The van der Waals surface area contributed by atoms with Gasteiger partial charge in [-0.3, -0.25) is 19.6 Å². The molecule has 27 heavy (non-hydrogen) atoms. The van der Waals surface area contributed by atoms with Crippen LogP contribution in [0.2, 0.25) is 0 Å².